The molecule has 1 atom stereocenters. The van der Waals surface area contributed by atoms with Crippen molar-refractivity contribution in [3.63, 3.8) is 0 Å². The van der Waals surface area contributed by atoms with Gasteiger partial charge in [0.05, 0.1) is 11.7 Å². The lowest BCUT2D eigenvalue weighted by Crippen LogP contribution is -2.17. The summed E-state index contributed by atoms with van der Waals surface area (Å²) in [5.41, 5.74) is 3.62. The van der Waals surface area contributed by atoms with Crippen molar-refractivity contribution in [2.45, 2.75) is 38.6 Å². The monoisotopic (exact) mass is 306 g/mol. The standard InChI is InChI=1S/C16H19ClN2S/c1-10-7-8-11(9-12(10)17)15(18-2)16-19-13-5-3-4-6-14(13)20-16/h7-9,15,18H,3-6H2,1-2H3. The maximum atomic E-state index is 6.26. The summed E-state index contributed by atoms with van der Waals surface area (Å²) >= 11 is 8.11. The third kappa shape index (κ3) is 2.62. The molecule has 0 radical (unpaired) electrons. The van der Waals surface area contributed by atoms with Crippen LogP contribution in [-0.2, 0) is 12.8 Å². The van der Waals surface area contributed by atoms with Gasteiger partial charge in [-0.15, -0.1) is 11.3 Å². The predicted molar refractivity (Wildman–Crippen MR) is 85.8 cm³/mol. The van der Waals surface area contributed by atoms with E-state index in [0.717, 1.165) is 17.0 Å². The van der Waals surface area contributed by atoms with Gasteiger partial charge in [-0.1, -0.05) is 23.7 Å². The van der Waals surface area contributed by atoms with Gasteiger partial charge < -0.3 is 5.32 Å². The van der Waals surface area contributed by atoms with E-state index in [-0.39, 0.29) is 6.04 Å². The number of aromatic nitrogens is 1. The topological polar surface area (TPSA) is 24.9 Å². The van der Waals surface area contributed by atoms with Crippen molar-refractivity contribution < 1.29 is 0 Å². The normalized spacial score (nSPS) is 15.9. The second-order valence-corrected chi connectivity index (χ2v) is 6.88. The van der Waals surface area contributed by atoms with Crippen LogP contribution in [-0.4, -0.2) is 12.0 Å². The fourth-order valence-electron chi connectivity index (χ4n) is 2.72. The zero-order valence-electron chi connectivity index (χ0n) is 11.9. The first-order valence-corrected chi connectivity index (χ1v) is 8.30. The van der Waals surface area contributed by atoms with Crippen molar-refractivity contribution in [2.24, 2.45) is 0 Å². The van der Waals surface area contributed by atoms with Crippen molar-refractivity contribution in [3.8, 4) is 0 Å². The average Bonchev–Trinajstić information content (AvgIpc) is 2.87. The molecule has 1 aliphatic carbocycles. The number of aryl methyl sites for hydroxylation is 3. The summed E-state index contributed by atoms with van der Waals surface area (Å²) in [6, 6.07) is 6.42. The Morgan fingerprint density at radius 3 is 2.80 bits per heavy atom. The molecule has 1 unspecified atom stereocenters. The smallest absolute Gasteiger partial charge is 0.115 e. The summed E-state index contributed by atoms with van der Waals surface area (Å²) in [6.07, 6.45) is 4.90. The van der Waals surface area contributed by atoms with Gasteiger partial charge in [0.15, 0.2) is 0 Å². The zero-order chi connectivity index (χ0) is 14.1. The Hall–Kier alpha value is -0.900. The summed E-state index contributed by atoms with van der Waals surface area (Å²) in [4.78, 5) is 6.34. The van der Waals surface area contributed by atoms with E-state index in [2.05, 4.69) is 23.5 Å². The zero-order valence-corrected chi connectivity index (χ0v) is 13.4. The van der Waals surface area contributed by atoms with Gasteiger partial charge in [-0.2, -0.15) is 0 Å². The fraction of sp³-hybridized carbons (Fsp3) is 0.438. The highest BCUT2D eigenvalue weighted by molar-refractivity contribution is 7.11. The number of thiazole rings is 1. The Morgan fingerprint density at radius 2 is 2.10 bits per heavy atom. The molecule has 0 saturated carbocycles. The lowest BCUT2D eigenvalue weighted by molar-refractivity contribution is 0.661. The Bertz CT molecular complexity index is 597. The summed E-state index contributed by atoms with van der Waals surface area (Å²) in [5.74, 6) is 0. The van der Waals surface area contributed by atoms with E-state index >= 15 is 0 Å². The number of rotatable bonds is 3. The van der Waals surface area contributed by atoms with E-state index < -0.39 is 0 Å². The largest absolute Gasteiger partial charge is 0.307 e. The molecule has 20 heavy (non-hydrogen) atoms. The van der Waals surface area contributed by atoms with E-state index in [1.807, 2.05) is 25.3 Å². The number of fused-ring (bicyclic) bond motifs is 1. The molecule has 1 aromatic heterocycles. The maximum absolute atomic E-state index is 6.26. The number of halogens is 1. The molecule has 0 aliphatic heterocycles. The van der Waals surface area contributed by atoms with Crippen LogP contribution in [0, 0.1) is 6.92 Å². The van der Waals surface area contributed by atoms with Crippen LogP contribution in [0.2, 0.25) is 5.02 Å². The molecular formula is C16H19ClN2S. The van der Waals surface area contributed by atoms with E-state index in [1.165, 1.54) is 40.4 Å². The highest BCUT2D eigenvalue weighted by Gasteiger charge is 2.21. The highest BCUT2D eigenvalue weighted by Crippen LogP contribution is 2.33. The minimum absolute atomic E-state index is 0.142. The van der Waals surface area contributed by atoms with Crippen molar-refractivity contribution in [2.75, 3.05) is 7.05 Å². The van der Waals surface area contributed by atoms with Crippen LogP contribution in [0.25, 0.3) is 0 Å². The van der Waals surface area contributed by atoms with Gasteiger partial charge in [-0.3, -0.25) is 0 Å². The molecular weight excluding hydrogens is 288 g/mol. The molecule has 3 rings (SSSR count). The number of nitrogens with zero attached hydrogens (tertiary/aromatic N) is 1. The lowest BCUT2D eigenvalue weighted by Gasteiger charge is -2.15. The molecule has 1 heterocycles. The van der Waals surface area contributed by atoms with Crippen LogP contribution >= 0.6 is 22.9 Å². The molecule has 1 aromatic carbocycles. The molecule has 4 heteroatoms. The van der Waals surface area contributed by atoms with Crippen molar-refractivity contribution in [3.05, 3.63) is 49.9 Å². The quantitative estimate of drug-likeness (QED) is 0.915. The van der Waals surface area contributed by atoms with Gasteiger partial charge in [0.2, 0.25) is 0 Å². The number of hydrogen-bond acceptors (Lipinski definition) is 3. The predicted octanol–water partition coefficient (Wildman–Crippen LogP) is 4.29. The average molecular weight is 307 g/mol. The van der Waals surface area contributed by atoms with E-state index in [0.29, 0.717) is 0 Å². The molecule has 0 amide bonds. The second kappa shape index (κ2) is 5.84. The van der Waals surface area contributed by atoms with E-state index in [4.69, 9.17) is 16.6 Å². The van der Waals surface area contributed by atoms with Gasteiger partial charge in [0.1, 0.15) is 5.01 Å². The van der Waals surface area contributed by atoms with Crippen molar-refractivity contribution in [1.29, 1.82) is 0 Å². The van der Waals surface area contributed by atoms with Crippen molar-refractivity contribution in [1.82, 2.24) is 10.3 Å². The Labute approximate surface area is 129 Å². The van der Waals surface area contributed by atoms with E-state index in [1.54, 1.807) is 0 Å². The Balaban J connectivity index is 1.96. The fourth-order valence-corrected chi connectivity index (χ4v) is 4.20. The Morgan fingerprint density at radius 1 is 1.30 bits per heavy atom. The first-order valence-electron chi connectivity index (χ1n) is 7.11. The SMILES string of the molecule is CNC(c1ccc(C)c(Cl)c1)c1nc2c(s1)CCCC2. The number of nitrogens with one attached hydrogen (secondary N) is 1. The van der Waals surface area contributed by atoms with E-state index in [9.17, 15) is 0 Å². The first kappa shape index (κ1) is 14.1. The molecule has 0 saturated heterocycles. The van der Waals surface area contributed by atoms with Gasteiger partial charge in [0.25, 0.3) is 0 Å². The summed E-state index contributed by atoms with van der Waals surface area (Å²) < 4.78 is 0. The van der Waals surface area contributed by atoms with Crippen LogP contribution in [0.3, 0.4) is 0 Å². The first-order chi connectivity index (χ1) is 9.69. The maximum Gasteiger partial charge on any atom is 0.115 e. The highest BCUT2D eigenvalue weighted by atomic mass is 35.5. The number of hydrogen-bond donors (Lipinski definition) is 1. The third-order valence-corrected chi connectivity index (χ3v) is 5.56. The van der Waals surface area contributed by atoms with Gasteiger partial charge in [-0.25, -0.2) is 4.98 Å². The molecule has 106 valence electrons. The van der Waals surface area contributed by atoms with Crippen LogP contribution in [0.5, 0.6) is 0 Å². The molecule has 2 aromatic rings. The summed E-state index contributed by atoms with van der Waals surface area (Å²) in [5, 5.41) is 5.37. The number of benzene rings is 1. The van der Waals surface area contributed by atoms with Gasteiger partial charge in [0, 0.05) is 9.90 Å². The van der Waals surface area contributed by atoms with Crippen LogP contribution in [0.15, 0.2) is 18.2 Å². The van der Waals surface area contributed by atoms with Gasteiger partial charge in [-0.05, 0) is 56.8 Å². The van der Waals surface area contributed by atoms with Crippen LogP contribution in [0.4, 0.5) is 0 Å². The molecule has 1 N–H and O–H groups in total. The lowest BCUT2D eigenvalue weighted by atomic mass is 10.0. The molecule has 2 nitrogen and oxygen atoms in total. The minimum Gasteiger partial charge on any atom is -0.307 e. The van der Waals surface area contributed by atoms with Crippen molar-refractivity contribution >= 4 is 22.9 Å². The van der Waals surface area contributed by atoms with Gasteiger partial charge >= 0.3 is 0 Å². The summed E-state index contributed by atoms with van der Waals surface area (Å²) in [6.45, 7) is 2.03. The minimum atomic E-state index is 0.142. The second-order valence-electron chi connectivity index (χ2n) is 5.36. The molecule has 1 aliphatic rings. The molecule has 0 fully saturated rings. The van der Waals surface area contributed by atoms with Crippen LogP contribution < -0.4 is 5.32 Å². The third-order valence-electron chi connectivity index (χ3n) is 3.93. The van der Waals surface area contributed by atoms with Crippen LogP contribution in [0.1, 0.15) is 45.6 Å². The Kier molecular flexibility index (Phi) is 4.11. The summed E-state index contributed by atoms with van der Waals surface area (Å²) in [7, 11) is 1.98. The molecule has 0 spiro atoms. The molecule has 0 bridgehead atoms.